The summed E-state index contributed by atoms with van der Waals surface area (Å²) in [4.78, 5) is 32.1. The van der Waals surface area contributed by atoms with Crippen molar-refractivity contribution in [1.29, 1.82) is 0 Å². The maximum Gasteiger partial charge on any atom is 0.277 e. The quantitative estimate of drug-likeness (QED) is 0.437. The molecule has 0 saturated carbocycles. The third kappa shape index (κ3) is 5.95. The predicted octanol–water partition coefficient (Wildman–Crippen LogP) is 3.09. The average molecular weight is 361 g/mol. The first-order chi connectivity index (χ1) is 12.0. The molecule has 2 aromatic carbocycles. The van der Waals surface area contributed by atoms with Crippen molar-refractivity contribution in [1.82, 2.24) is 5.32 Å². The van der Waals surface area contributed by atoms with Gasteiger partial charge >= 0.3 is 0 Å². The summed E-state index contributed by atoms with van der Waals surface area (Å²) in [6.45, 7) is 0.790. The number of amides is 1. The first-order valence-corrected chi connectivity index (χ1v) is 7.31. The molecule has 26 heavy (non-hydrogen) atoms. The van der Waals surface area contributed by atoms with Crippen LogP contribution in [-0.2, 0) is 11.3 Å². The maximum atomic E-state index is 12.0. The van der Waals surface area contributed by atoms with Crippen LogP contribution in [0.1, 0.15) is 23.3 Å². The molecule has 0 radical (unpaired) electrons. The fourth-order valence-corrected chi connectivity index (χ4v) is 2.04. The Bertz CT molecular complexity index is 747. The van der Waals surface area contributed by atoms with Crippen LogP contribution >= 0.6 is 0 Å². The Hall–Kier alpha value is -3.33. The number of non-ortho nitro benzene ring substituents is 2. The Labute approximate surface area is 149 Å². The van der Waals surface area contributed by atoms with Crippen molar-refractivity contribution >= 4 is 17.3 Å². The largest absolute Gasteiger partial charge is 0.375 e. The Morgan fingerprint density at radius 2 is 1.58 bits per heavy atom. The second-order valence-corrected chi connectivity index (χ2v) is 5.05. The van der Waals surface area contributed by atoms with Crippen molar-refractivity contribution in [2.75, 3.05) is 13.2 Å². The Morgan fingerprint density at radius 1 is 1.00 bits per heavy atom. The van der Waals surface area contributed by atoms with E-state index in [0.717, 1.165) is 23.8 Å². The third-order valence-electron chi connectivity index (χ3n) is 3.23. The van der Waals surface area contributed by atoms with E-state index in [2.05, 4.69) is 5.32 Å². The van der Waals surface area contributed by atoms with Gasteiger partial charge in [-0.1, -0.05) is 37.8 Å². The number of nitro benzene ring substituents is 2. The predicted molar refractivity (Wildman–Crippen MR) is 94.9 cm³/mol. The number of carbonyl (C=O) groups excluding carboxylic acids is 1. The van der Waals surface area contributed by atoms with Gasteiger partial charge < -0.3 is 10.1 Å². The molecule has 9 nitrogen and oxygen atoms in total. The number of nitrogens with one attached hydrogen (secondary N) is 1. The number of benzene rings is 2. The molecule has 0 aliphatic carbocycles. The SMILES string of the molecule is C.O=C(NCCOCc1ccccc1)c1cc([N+](=O)[O-])cc([N+](=O)[O-])c1. The van der Waals surface area contributed by atoms with Gasteiger partial charge in [0.05, 0.1) is 34.7 Å². The van der Waals surface area contributed by atoms with Crippen molar-refractivity contribution in [3.8, 4) is 0 Å². The molecule has 9 heteroatoms. The average Bonchev–Trinajstić information content (AvgIpc) is 2.61. The zero-order valence-corrected chi connectivity index (χ0v) is 13.1. The number of nitrogens with zero attached hydrogens (tertiary/aromatic N) is 2. The molecule has 1 N–H and O–H groups in total. The highest BCUT2D eigenvalue weighted by molar-refractivity contribution is 5.95. The topological polar surface area (TPSA) is 125 Å². The lowest BCUT2D eigenvalue weighted by Gasteiger charge is -2.07. The number of hydrogen-bond donors (Lipinski definition) is 1. The molecule has 1 amide bonds. The molecule has 0 aromatic heterocycles. The molecular formula is C17H19N3O6. The summed E-state index contributed by atoms with van der Waals surface area (Å²) in [6.07, 6.45) is 0. The molecule has 0 bridgehead atoms. The summed E-state index contributed by atoms with van der Waals surface area (Å²) in [5.41, 5.74) is -0.188. The van der Waals surface area contributed by atoms with Crippen molar-refractivity contribution in [3.05, 3.63) is 79.9 Å². The van der Waals surface area contributed by atoms with Gasteiger partial charge in [0.15, 0.2) is 0 Å². The Morgan fingerprint density at radius 3 is 2.12 bits per heavy atom. The van der Waals surface area contributed by atoms with E-state index in [1.165, 1.54) is 0 Å². The normalized spacial score (nSPS) is 9.85. The van der Waals surface area contributed by atoms with Crippen LogP contribution in [0.4, 0.5) is 11.4 Å². The number of rotatable bonds is 8. The van der Waals surface area contributed by atoms with E-state index in [-0.39, 0.29) is 26.1 Å². The molecule has 2 aromatic rings. The number of ether oxygens (including phenoxy) is 1. The molecule has 2 rings (SSSR count). The minimum absolute atomic E-state index is 0. The second kappa shape index (κ2) is 9.84. The van der Waals surface area contributed by atoms with E-state index >= 15 is 0 Å². The molecule has 0 spiro atoms. The minimum atomic E-state index is -0.785. The van der Waals surface area contributed by atoms with E-state index in [4.69, 9.17) is 4.74 Å². The van der Waals surface area contributed by atoms with Crippen LogP contribution in [0.2, 0.25) is 0 Å². The molecule has 0 fully saturated rings. The van der Waals surface area contributed by atoms with Crippen LogP contribution in [0.25, 0.3) is 0 Å². The highest BCUT2D eigenvalue weighted by Crippen LogP contribution is 2.22. The summed E-state index contributed by atoms with van der Waals surface area (Å²) in [5.74, 6) is -0.643. The molecule has 0 heterocycles. The Kier molecular flexibility index (Phi) is 7.84. The van der Waals surface area contributed by atoms with Crippen molar-refractivity contribution in [3.63, 3.8) is 0 Å². The summed E-state index contributed by atoms with van der Waals surface area (Å²) in [5, 5.41) is 24.1. The smallest absolute Gasteiger partial charge is 0.277 e. The van der Waals surface area contributed by atoms with Gasteiger partial charge in [-0.15, -0.1) is 0 Å². The fraction of sp³-hybridized carbons (Fsp3) is 0.235. The van der Waals surface area contributed by atoms with Crippen LogP contribution in [0.3, 0.4) is 0 Å². The molecule has 0 aliphatic rings. The number of carbonyl (C=O) groups is 1. The Balaban J connectivity index is 0.00000338. The van der Waals surface area contributed by atoms with Crippen LogP contribution in [-0.4, -0.2) is 28.9 Å². The molecule has 0 aliphatic heterocycles. The number of hydrogen-bond acceptors (Lipinski definition) is 6. The van der Waals surface area contributed by atoms with Crippen LogP contribution in [0.5, 0.6) is 0 Å². The van der Waals surface area contributed by atoms with Crippen molar-refractivity contribution < 1.29 is 19.4 Å². The monoisotopic (exact) mass is 361 g/mol. The zero-order chi connectivity index (χ0) is 18.2. The van der Waals surface area contributed by atoms with E-state index in [1.54, 1.807) is 0 Å². The van der Waals surface area contributed by atoms with E-state index < -0.39 is 27.1 Å². The lowest BCUT2D eigenvalue weighted by atomic mass is 10.1. The second-order valence-electron chi connectivity index (χ2n) is 5.05. The molecule has 0 saturated heterocycles. The highest BCUT2D eigenvalue weighted by atomic mass is 16.6. The molecule has 0 atom stereocenters. The van der Waals surface area contributed by atoms with Gasteiger partial charge in [0.2, 0.25) is 0 Å². The van der Waals surface area contributed by atoms with E-state index in [1.807, 2.05) is 30.3 Å². The van der Waals surface area contributed by atoms with Crippen LogP contribution in [0, 0.1) is 20.2 Å². The third-order valence-corrected chi connectivity index (χ3v) is 3.23. The van der Waals surface area contributed by atoms with Crippen LogP contribution in [0.15, 0.2) is 48.5 Å². The highest BCUT2D eigenvalue weighted by Gasteiger charge is 2.19. The van der Waals surface area contributed by atoms with Gasteiger partial charge in [0.1, 0.15) is 0 Å². The lowest BCUT2D eigenvalue weighted by Crippen LogP contribution is -2.27. The first-order valence-electron chi connectivity index (χ1n) is 7.31. The summed E-state index contributed by atoms with van der Waals surface area (Å²) in [6, 6.07) is 12.3. The maximum absolute atomic E-state index is 12.0. The van der Waals surface area contributed by atoms with Gasteiger partial charge in [-0.3, -0.25) is 25.0 Å². The molecule has 138 valence electrons. The summed E-state index contributed by atoms with van der Waals surface area (Å²) in [7, 11) is 0. The summed E-state index contributed by atoms with van der Waals surface area (Å²) >= 11 is 0. The van der Waals surface area contributed by atoms with Gasteiger partial charge in [-0.05, 0) is 5.56 Å². The van der Waals surface area contributed by atoms with Gasteiger partial charge in [0.25, 0.3) is 17.3 Å². The van der Waals surface area contributed by atoms with Crippen molar-refractivity contribution in [2.45, 2.75) is 14.0 Å². The minimum Gasteiger partial charge on any atom is -0.375 e. The van der Waals surface area contributed by atoms with Gasteiger partial charge in [-0.2, -0.15) is 0 Å². The van der Waals surface area contributed by atoms with Gasteiger partial charge in [-0.25, -0.2) is 0 Å². The fourth-order valence-electron chi connectivity index (χ4n) is 2.04. The number of nitro groups is 2. The van der Waals surface area contributed by atoms with E-state index in [0.29, 0.717) is 6.61 Å². The standard InChI is InChI=1S/C16H15N3O6.CH4/c20-16(17-6-7-25-11-12-4-2-1-3-5-12)13-8-14(18(21)22)10-15(9-13)19(23)24;/h1-5,8-10H,6-7,11H2,(H,17,20);1H4. The first kappa shape index (κ1) is 20.7. The van der Waals surface area contributed by atoms with E-state index in [9.17, 15) is 25.0 Å². The summed E-state index contributed by atoms with van der Waals surface area (Å²) < 4.78 is 5.40. The van der Waals surface area contributed by atoms with Crippen LogP contribution < -0.4 is 5.32 Å². The van der Waals surface area contributed by atoms with Crippen molar-refractivity contribution in [2.24, 2.45) is 0 Å². The molecule has 0 unspecified atom stereocenters. The molecular weight excluding hydrogens is 342 g/mol. The van der Waals surface area contributed by atoms with Gasteiger partial charge in [0, 0.05) is 18.7 Å². The lowest BCUT2D eigenvalue weighted by molar-refractivity contribution is -0.394. The zero-order valence-electron chi connectivity index (χ0n) is 13.1.